The molecule has 2 aliphatic rings. The van der Waals surface area contributed by atoms with Crippen LogP contribution in [0.2, 0.25) is 0 Å². The summed E-state index contributed by atoms with van der Waals surface area (Å²) >= 11 is 0. The Balaban J connectivity index is 2.56. The summed E-state index contributed by atoms with van der Waals surface area (Å²) in [5, 5.41) is 10.4. The van der Waals surface area contributed by atoms with Crippen molar-refractivity contribution in [1.29, 1.82) is 0 Å². The lowest BCUT2D eigenvalue weighted by molar-refractivity contribution is -0.353. The highest BCUT2D eigenvalue weighted by Crippen LogP contribution is 2.34. The molecule has 0 aromatic rings. The van der Waals surface area contributed by atoms with Gasteiger partial charge in [0, 0.05) is 41.5 Å². The van der Waals surface area contributed by atoms with Crippen molar-refractivity contribution in [3.05, 3.63) is 0 Å². The molecule has 0 spiro atoms. The van der Waals surface area contributed by atoms with E-state index in [4.69, 9.17) is 42.6 Å². The highest BCUT2D eigenvalue weighted by molar-refractivity contribution is 5.69. The largest absolute Gasteiger partial charge is 0.463 e. The van der Waals surface area contributed by atoms with E-state index in [0.29, 0.717) is 0 Å². The molecule has 16 nitrogen and oxygen atoms in total. The van der Waals surface area contributed by atoms with Gasteiger partial charge in [0.05, 0.1) is 6.10 Å². The van der Waals surface area contributed by atoms with Crippen LogP contribution in [-0.4, -0.2) is 109 Å². The van der Waals surface area contributed by atoms with E-state index in [1.165, 1.54) is 6.92 Å². The summed E-state index contributed by atoms with van der Waals surface area (Å²) in [5.74, 6) is -4.89. The highest BCUT2D eigenvalue weighted by atomic mass is 16.8. The minimum Gasteiger partial charge on any atom is -0.463 e. The van der Waals surface area contributed by atoms with Gasteiger partial charge in [-0.3, -0.25) is 28.8 Å². The van der Waals surface area contributed by atoms with Crippen molar-refractivity contribution in [1.82, 2.24) is 0 Å². The molecule has 2 fully saturated rings. The van der Waals surface area contributed by atoms with Crippen molar-refractivity contribution in [2.45, 2.75) is 110 Å². The number of ether oxygens (including phenoxy) is 9. The van der Waals surface area contributed by atoms with Crippen LogP contribution in [0, 0.1) is 0 Å². The Bertz CT molecular complexity index is 965. The molecule has 0 bridgehead atoms. The molecule has 40 heavy (non-hydrogen) atoms. The summed E-state index contributed by atoms with van der Waals surface area (Å²) in [6, 6.07) is 0. The summed E-state index contributed by atoms with van der Waals surface area (Å²) in [7, 11) is 0. The molecular formula is C24H34O16. The summed E-state index contributed by atoms with van der Waals surface area (Å²) in [5.41, 5.74) is 0. The zero-order valence-corrected chi connectivity index (χ0v) is 23.1. The topological polar surface area (TPSA) is 206 Å². The monoisotopic (exact) mass is 578 g/mol. The fourth-order valence-corrected chi connectivity index (χ4v) is 4.27. The second-order valence-electron chi connectivity index (χ2n) is 9.05. The van der Waals surface area contributed by atoms with Gasteiger partial charge in [0.1, 0.15) is 18.8 Å². The average Bonchev–Trinajstić information content (AvgIpc) is 2.79. The van der Waals surface area contributed by atoms with Crippen molar-refractivity contribution in [2.75, 3.05) is 6.61 Å². The maximum Gasteiger partial charge on any atom is 0.303 e. The predicted octanol–water partition coefficient (Wildman–Crippen LogP) is -0.945. The van der Waals surface area contributed by atoms with Crippen molar-refractivity contribution >= 4 is 35.8 Å². The molecule has 0 unspecified atom stereocenters. The molecule has 2 aliphatic heterocycles. The number of carbonyl (C=O) groups is 6. The van der Waals surface area contributed by atoms with Crippen LogP contribution in [0.5, 0.6) is 0 Å². The molecule has 226 valence electrons. The SMILES string of the molecule is CC(=O)OC[C@H]1O[C@H](O[C@H]2[C@H](OC(C)=O)[C@@H](OC(C)=O)[C@H](O)O[C@@H]2C)[C@H](OC(C)=O)[C@@H](OC(C)=O)[C@@H]1OC(C)=O. The average molecular weight is 579 g/mol. The standard InChI is InChI=1S/C24H34O16/c1-9-17(19(35-12(4)27)21(23(31)33-9)37-14(6)29)40-24-22(38-15(7)30)20(36-13(5)28)18(34-11(3)26)16(39-24)8-32-10(2)25/h9,16-24,31H,8H2,1-7H3/t9-,16-,17-,18-,19+,20+,21-,22-,23-,24-/m1/s1. The van der Waals surface area contributed by atoms with E-state index in [0.717, 1.165) is 41.5 Å². The Morgan fingerprint density at radius 3 is 1.48 bits per heavy atom. The van der Waals surface area contributed by atoms with Crippen molar-refractivity contribution in [2.24, 2.45) is 0 Å². The van der Waals surface area contributed by atoms with Crippen molar-refractivity contribution in [3.8, 4) is 0 Å². The molecule has 0 saturated carbocycles. The van der Waals surface area contributed by atoms with Gasteiger partial charge < -0.3 is 47.7 Å². The first-order valence-electron chi connectivity index (χ1n) is 12.2. The Morgan fingerprint density at radius 2 is 1.00 bits per heavy atom. The molecule has 16 heteroatoms. The predicted molar refractivity (Wildman–Crippen MR) is 124 cm³/mol. The number of esters is 6. The quantitative estimate of drug-likeness (QED) is 0.259. The van der Waals surface area contributed by atoms with Gasteiger partial charge in [-0.2, -0.15) is 0 Å². The first kappa shape index (κ1) is 32.9. The van der Waals surface area contributed by atoms with Crippen LogP contribution in [0.15, 0.2) is 0 Å². The number of carbonyl (C=O) groups excluding carboxylic acids is 6. The lowest BCUT2D eigenvalue weighted by atomic mass is 9.96. The van der Waals surface area contributed by atoms with Crippen LogP contribution in [0.1, 0.15) is 48.5 Å². The van der Waals surface area contributed by atoms with Gasteiger partial charge in [0.2, 0.25) is 0 Å². The highest BCUT2D eigenvalue weighted by Gasteiger charge is 2.56. The van der Waals surface area contributed by atoms with Gasteiger partial charge in [-0.25, -0.2) is 0 Å². The second-order valence-corrected chi connectivity index (χ2v) is 9.05. The molecular weight excluding hydrogens is 544 g/mol. The summed E-state index contributed by atoms with van der Waals surface area (Å²) in [6.45, 7) is 7.37. The molecule has 0 amide bonds. The third kappa shape index (κ3) is 9.11. The Kier molecular flexibility index (Phi) is 11.8. The fourth-order valence-electron chi connectivity index (χ4n) is 4.27. The Morgan fingerprint density at radius 1 is 0.575 bits per heavy atom. The van der Waals surface area contributed by atoms with E-state index in [-0.39, 0.29) is 0 Å². The van der Waals surface area contributed by atoms with Gasteiger partial charge >= 0.3 is 35.8 Å². The minimum atomic E-state index is -1.71. The normalized spacial score (nSPS) is 33.6. The molecule has 2 saturated heterocycles. The van der Waals surface area contributed by atoms with E-state index in [2.05, 4.69) is 0 Å². The van der Waals surface area contributed by atoms with Crippen LogP contribution in [0.4, 0.5) is 0 Å². The Labute approximate surface area is 229 Å². The number of aliphatic hydroxyl groups is 1. The number of hydrogen-bond acceptors (Lipinski definition) is 16. The van der Waals surface area contributed by atoms with Crippen molar-refractivity contribution < 1.29 is 76.5 Å². The van der Waals surface area contributed by atoms with Gasteiger partial charge in [-0.05, 0) is 6.92 Å². The zero-order chi connectivity index (χ0) is 30.3. The summed E-state index contributed by atoms with van der Waals surface area (Å²) in [4.78, 5) is 71.1. The van der Waals surface area contributed by atoms with Crippen LogP contribution in [-0.2, 0) is 71.4 Å². The zero-order valence-electron chi connectivity index (χ0n) is 23.1. The second kappa shape index (κ2) is 14.3. The first-order valence-corrected chi connectivity index (χ1v) is 12.2. The smallest absolute Gasteiger partial charge is 0.303 e. The van der Waals surface area contributed by atoms with Crippen molar-refractivity contribution in [3.63, 3.8) is 0 Å². The lowest BCUT2D eigenvalue weighted by Gasteiger charge is -2.47. The lowest BCUT2D eigenvalue weighted by Crippen LogP contribution is -2.66. The van der Waals surface area contributed by atoms with Gasteiger partial charge in [0.15, 0.2) is 43.1 Å². The molecule has 2 heterocycles. The summed E-state index contributed by atoms with van der Waals surface area (Å²) < 4.78 is 48.9. The van der Waals surface area contributed by atoms with Crippen LogP contribution >= 0.6 is 0 Å². The molecule has 2 rings (SSSR count). The van der Waals surface area contributed by atoms with E-state index < -0.39 is 104 Å². The van der Waals surface area contributed by atoms with Gasteiger partial charge in [-0.15, -0.1) is 0 Å². The molecule has 0 radical (unpaired) electrons. The number of aliphatic hydroxyl groups excluding tert-OH is 1. The maximum absolute atomic E-state index is 12.1. The molecule has 10 atom stereocenters. The third-order valence-electron chi connectivity index (χ3n) is 5.59. The van der Waals surface area contributed by atoms with Crippen LogP contribution in [0.3, 0.4) is 0 Å². The van der Waals surface area contributed by atoms with Gasteiger partial charge in [-0.1, -0.05) is 0 Å². The molecule has 0 aliphatic carbocycles. The molecule has 1 N–H and O–H groups in total. The van der Waals surface area contributed by atoms with Crippen LogP contribution in [0.25, 0.3) is 0 Å². The third-order valence-corrected chi connectivity index (χ3v) is 5.59. The van der Waals surface area contributed by atoms with E-state index in [1.54, 1.807) is 0 Å². The number of hydrogen-bond donors (Lipinski definition) is 1. The van der Waals surface area contributed by atoms with E-state index in [1.807, 2.05) is 0 Å². The maximum atomic E-state index is 12.1. The molecule has 0 aromatic heterocycles. The molecule has 0 aromatic carbocycles. The first-order chi connectivity index (χ1) is 18.6. The van der Waals surface area contributed by atoms with Gasteiger partial charge in [0.25, 0.3) is 0 Å². The summed E-state index contributed by atoms with van der Waals surface area (Å²) in [6.07, 6.45) is -14.6. The van der Waals surface area contributed by atoms with Crippen LogP contribution < -0.4 is 0 Å². The van der Waals surface area contributed by atoms with E-state index in [9.17, 15) is 33.9 Å². The fraction of sp³-hybridized carbons (Fsp3) is 0.750. The Hall–Kier alpha value is -3.34. The minimum absolute atomic E-state index is 0.503. The van der Waals surface area contributed by atoms with E-state index >= 15 is 0 Å². The number of rotatable bonds is 9.